The maximum atomic E-state index is 5.56. The van der Waals surface area contributed by atoms with Crippen LogP contribution in [-0.4, -0.2) is 26.4 Å². The number of rotatable bonds is 3. The number of halogens is 1. The number of hydrogen-bond donors (Lipinski definition) is 1. The van der Waals surface area contributed by atoms with Gasteiger partial charge < -0.3 is 5.73 Å². The van der Waals surface area contributed by atoms with E-state index in [0.29, 0.717) is 13.0 Å². The minimum Gasteiger partial charge on any atom is -0.330 e. The summed E-state index contributed by atoms with van der Waals surface area (Å²) in [6.45, 7) is 0.533. The van der Waals surface area contributed by atoms with Crippen molar-refractivity contribution in [2.45, 2.75) is 6.42 Å². The molecule has 0 spiro atoms. The Bertz CT molecular complexity index is 705. The molecule has 0 radical (unpaired) electrons. The molecule has 3 rings (SSSR count). The molecule has 96 valence electrons. The molecule has 0 aliphatic rings. The van der Waals surface area contributed by atoms with Crippen LogP contribution < -0.4 is 5.73 Å². The second-order valence-corrected chi connectivity index (χ2v) is 5.07. The Hall–Kier alpha value is -1.79. The Morgan fingerprint density at radius 3 is 2.58 bits per heavy atom. The number of hydrogen-bond acceptors (Lipinski definition) is 4. The summed E-state index contributed by atoms with van der Waals surface area (Å²) in [6.07, 6.45) is 0.665. The van der Waals surface area contributed by atoms with Gasteiger partial charge in [0, 0.05) is 16.5 Å². The third-order valence-corrected chi connectivity index (χ3v) is 3.36. The van der Waals surface area contributed by atoms with Crippen LogP contribution in [0.3, 0.4) is 0 Å². The van der Waals surface area contributed by atoms with Gasteiger partial charge in [-0.15, -0.1) is 10.2 Å². The lowest BCUT2D eigenvalue weighted by atomic mass is 10.1. The summed E-state index contributed by atoms with van der Waals surface area (Å²) >= 11 is 3.42. The zero-order chi connectivity index (χ0) is 13.2. The third-order valence-electron chi connectivity index (χ3n) is 2.84. The van der Waals surface area contributed by atoms with Crippen LogP contribution in [0.2, 0.25) is 0 Å². The Kier molecular flexibility index (Phi) is 3.27. The van der Waals surface area contributed by atoms with E-state index in [0.717, 1.165) is 27.2 Å². The first-order valence-corrected chi connectivity index (χ1v) is 6.74. The number of nitrogens with zero attached hydrogens (tertiary/aromatic N) is 4. The van der Waals surface area contributed by atoms with Gasteiger partial charge in [0.05, 0.1) is 5.69 Å². The fraction of sp³-hybridized carbons (Fsp3) is 0.154. The zero-order valence-corrected chi connectivity index (χ0v) is 11.7. The van der Waals surface area contributed by atoms with Gasteiger partial charge in [0.2, 0.25) is 0 Å². The normalized spacial score (nSPS) is 11.1. The smallest absolute Gasteiger partial charge is 0.177 e. The van der Waals surface area contributed by atoms with E-state index in [1.54, 1.807) is 4.52 Å². The molecule has 0 unspecified atom stereocenters. The number of benzene rings is 1. The van der Waals surface area contributed by atoms with Crippen LogP contribution in [-0.2, 0) is 6.42 Å². The fourth-order valence-electron chi connectivity index (χ4n) is 1.89. The van der Waals surface area contributed by atoms with Crippen molar-refractivity contribution in [1.82, 2.24) is 19.8 Å². The van der Waals surface area contributed by atoms with Crippen molar-refractivity contribution in [1.29, 1.82) is 0 Å². The highest BCUT2D eigenvalue weighted by atomic mass is 79.9. The maximum Gasteiger partial charge on any atom is 0.177 e. The molecule has 1 aromatic carbocycles. The molecule has 2 N–H and O–H groups in total. The number of nitrogens with two attached hydrogens (primary N) is 1. The third kappa shape index (κ3) is 2.36. The molecule has 0 fully saturated rings. The number of fused-ring (bicyclic) bond motifs is 1. The molecule has 6 heteroatoms. The minimum atomic E-state index is 0.533. The van der Waals surface area contributed by atoms with Gasteiger partial charge in [0.25, 0.3) is 0 Å². The van der Waals surface area contributed by atoms with Gasteiger partial charge in [-0.1, -0.05) is 28.1 Å². The summed E-state index contributed by atoms with van der Waals surface area (Å²) in [5.74, 6) is 0.788. The average molecular weight is 318 g/mol. The summed E-state index contributed by atoms with van der Waals surface area (Å²) in [6, 6.07) is 11.9. The van der Waals surface area contributed by atoms with Crippen LogP contribution in [0.4, 0.5) is 0 Å². The van der Waals surface area contributed by atoms with Crippen molar-refractivity contribution >= 4 is 21.6 Å². The van der Waals surface area contributed by atoms with Crippen LogP contribution in [0.15, 0.2) is 40.9 Å². The molecule has 0 aliphatic heterocycles. The predicted octanol–water partition coefficient (Wildman–Crippen LogP) is 2.05. The summed E-state index contributed by atoms with van der Waals surface area (Å²) in [4.78, 5) is 0. The largest absolute Gasteiger partial charge is 0.330 e. The van der Waals surface area contributed by atoms with Crippen molar-refractivity contribution in [3.63, 3.8) is 0 Å². The molecule has 0 saturated heterocycles. The quantitative estimate of drug-likeness (QED) is 0.802. The molecule has 2 aromatic heterocycles. The number of aromatic nitrogens is 4. The highest BCUT2D eigenvalue weighted by Crippen LogP contribution is 2.20. The molecule has 19 heavy (non-hydrogen) atoms. The van der Waals surface area contributed by atoms with E-state index in [2.05, 4.69) is 31.2 Å². The first kappa shape index (κ1) is 12.3. The Morgan fingerprint density at radius 1 is 1.05 bits per heavy atom. The van der Waals surface area contributed by atoms with Crippen LogP contribution >= 0.6 is 15.9 Å². The van der Waals surface area contributed by atoms with Gasteiger partial charge in [-0.3, -0.25) is 0 Å². The maximum absolute atomic E-state index is 5.56. The van der Waals surface area contributed by atoms with Crippen LogP contribution in [0, 0.1) is 0 Å². The SMILES string of the molecule is NCCc1nnc2ccc(-c3ccc(Br)cc3)nn12. The molecular formula is C13H12BrN5. The van der Waals surface area contributed by atoms with E-state index in [1.807, 2.05) is 36.4 Å². The zero-order valence-electron chi connectivity index (χ0n) is 10.1. The van der Waals surface area contributed by atoms with Gasteiger partial charge in [-0.2, -0.15) is 9.61 Å². The van der Waals surface area contributed by atoms with Crippen molar-refractivity contribution in [2.75, 3.05) is 6.54 Å². The van der Waals surface area contributed by atoms with Crippen molar-refractivity contribution in [3.05, 3.63) is 46.7 Å². The van der Waals surface area contributed by atoms with Crippen molar-refractivity contribution in [3.8, 4) is 11.3 Å². The van der Waals surface area contributed by atoms with E-state index in [-0.39, 0.29) is 0 Å². The summed E-state index contributed by atoms with van der Waals surface area (Å²) < 4.78 is 2.80. The second kappa shape index (κ2) is 5.07. The molecule has 0 saturated carbocycles. The molecular weight excluding hydrogens is 306 g/mol. The molecule has 0 aliphatic carbocycles. The highest BCUT2D eigenvalue weighted by Gasteiger charge is 2.07. The lowest BCUT2D eigenvalue weighted by Crippen LogP contribution is -2.08. The predicted molar refractivity (Wildman–Crippen MR) is 76.7 cm³/mol. The van der Waals surface area contributed by atoms with Crippen LogP contribution in [0.1, 0.15) is 5.82 Å². The molecule has 0 atom stereocenters. The monoisotopic (exact) mass is 317 g/mol. The van der Waals surface area contributed by atoms with E-state index < -0.39 is 0 Å². The molecule has 3 aromatic rings. The van der Waals surface area contributed by atoms with E-state index in [4.69, 9.17) is 5.73 Å². The van der Waals surface area contributed by atoms with E-state index in [1.165, 1.54) is 0 Å². The minimum absolute atomic E-state index is 0.533. The summed E-state index contributed by atoms with van der Waals surface area (Å²) in [5, 5.41) is 12.7. The van der Waals surface area contributed by atoms with Gasteiger partial charge >= 0.3 is 0 Å². The lowest BCUT2D eigenvalue weighted by Gasteiger charge is -2.03. The Balaban J connectivity index is 2.09. The first-order valence-electron chi connectivity index (χ1n) is 5.95. The Labute approximate surface area is 118 Å². The second-order valence-electron chi connectivity index (χ2n) is 4.15. The van der Waals surface area contributed by atoms with Crippen molar-refractivity contribution < 1.29 is 0 Å². The van der Waals surface area contributed by atoms with Crippen LogP contribution in [0.5, 0.6) is 0 Å². The van der Waals surface area contributed by atoms with Gasteiger partial charge in [0.1, 0.15) is 0 Å². The molecule has 0 bridgehead atoms. The highest BCUT2D eigenvalue weighted by molar-refractivity contribution is 9.10. The molecule has 5 nitrogen and oxygen atoms in total. The van der Waals surface area contributed by atoms with Crippen molar-refractivity contribution in [2.24, 2.45) is 5.73 Å². The van der Waals surface area contributed by atoms with E-state index >= 15 is 0 Å². The standard InChI is InChI=1S/C13H12BrN5/c14-10-3-1-9(2-4-10)11-5-6-12-16-17-13(7-8-15)19(12)18-11/h1-6H,7-8,15H2. The van der Waals surface area contributed by atoms with E-state index in [9.17, 15) is 0 Å². The average Bonchev–Trinajstić information content (AvgIpc) is 2.83. The lowest BCUT2D eigenvalue weighted by molar-refractivity contribution is 0.793. The molecule has 0 amide bonds. The molecule has 2 heterocycles. The fourth-order valence-corrected chi connectivity index (χ4v) is 2.16. The summed E-state index contributed by atoms with van der Waals surface area (Å²) in [5.41, 5.74) is 8.24. The topological polar surface area (TPSA) is 69.1 Å². The first-order chi connectivity index (χ1) is 9.28. The van der Waals surface area contributed by atoms with Crippen LogP contribution in [0.25, 0.3) is 16.9 Å². The van der Waals surface area contributed by atoms with Gasteiger partial charge in [-0.05, 0) is 30.8 Å². The summed E-state index contributed by atoms with van der Waals surface area (Å²) in [7, 11) is 0. The Morgan fingerprint density at radius 2 is 1.84 bits per heavy atom. The van der Waals surface area contributed by atoms with Gasteiger partial charge in [0.15, 0.2) is 11.5 Å². The van der Waals surface area contributed by atoms with Gasteiger partial charge in [-0.25, -0.2) is 0 Å².